The number of halogens is 3. The lowest BCUT2D eigenvalue weighted by Crippen LogP contribution is -2.43. The molecule has 3 heterocycles. The topological polar surface area (TPSA) is 63.8 Å². The molecule has 0 radical (unpaired) electrons. The van der Waals surface area contributed by atoms with Crippen LogP contribution in [-0.4, -0.2) is 42.8 Å². The maximum absolute atomic E-state index is 15.6. The lowest BCUT2D eigenvalue weighted by molar-refractivity contribution is 0.246. The Morgan fingerprint density at radius 1 is 1.08 bits per heavy atom. The molecule has 10 heteroatoms. The predicted octanol–water partition coefficient (Wildman–Crippen LogP) is 4.46. The Morgan fingerprint density at radius 3 is 2.47 bits per heavy atom. The van der Waals surface area contributed by atoms with E-state index in [-0.39, 0.29) is 39.7 Å². The fourth-order valence-corrected chi connectivity index (χ4v) is 5.08. The first-order valence-corrected chi connectivity index (χ1v) is 11.7. The van der Waals surface area contributed by atoms with Crippen LogP contribution < -0.4 is 20.5 Å². The molecule has 2 saturated heterocycles. The molecule has 5 rings (SSSR count). The number of methoxy groups -OCH3 is 1. The van der Waals surface area contributed by atoms with Crippen molar-refractivity contribution in [3.05, 3.63) is 75.6 Å². The van der Waals surface area contributed by atoms with Gasteiger partial charge in [0.05, 0.1) is 19.4 Å². The molecule has 0 amide bonds. The molecule has 1 spiro atoms. The second kappa shape index (κ2) is 9.32. The monoisotopic (exact) mass is 495 g/mol. The summed E-state index contributed by atoms with van der Waals surface area (Å²) in [6, 6.07) is 7.52. The van der Waals surface area contributed by atoms with Crippen molar-refractivity contribution < 1.29 is 17.9 Å². The van der Waals surface area contributed by atoms with Gasteiger partial charge in [0.2, 0.25) is 11.5 Å². The van der Waals surface area contributed by atoms with Gasteiger partial charge in [-0.15, -0.1) is 0 Å². The van der Waals surface area contributed by atoms with Gasteiger partial charge in [-0.25, -0.2) is 18.6 Å². The number of nitrogens with one attached hydrogen (secondary N) is 1. The number of anilines is 1. The summed E-state index contributed by atoms with van der Waals surface area (Å²) in [6.07, 6.45) is 2.72. The van der Waals surface area contributed by atoms with Gasteiger partial charge in [0.15, 0.2) is 17.4 Å². The number of piperidine rings is 1. The average Bonchev–Trinajstić information content (AvgIpc) is 3.34. The van der Waals surface area contributed by atoms with Gasteiger partial charge >= 0.3 is 0 Å². The molecule has 2 aromatic carbocycles. The van der Waals surface area contributed by atoms with Crippen molar-refractivity contribution in [1.29, 1.82) is 0 Å². The molecule has 2 aliphatic rings. The minimum Gasteiger partial charge on any atom is -0.494 e. The van der Waals surface area contributed by atoms with Crippen molar-refractivity contribution in [2.24, 2.45) is 5.41 Å². The number of ether oxygens (including phenoxy) is 1. The van der Waals surface area contributed by atoms with E-state index in [1.807, 2.05) is 0 Å². The van der Waals surface area contributed by atoms with Crippen LogP contribution >= 0.6 is 0 Å². The summed E-state index contributed by atoms with van der Waals surface area (Å²) < 4.78 is 50.5. The third-order valence-corrected chi connectivity index (χ3v) is 7.19. The number of aromatic nitrogens is 2. The first kappa shape index (κ1) is 23.9. The highest BCUT2D eigenvalue weighted by atomic mass is 19.1. The fourth-order valence-electron chi connectivity index (χ4n) is 5.08. The Kier molecular flexibility index (Phi) is 6.18. The normalized spacial score (nSPS) is 16.8. The van der Waals surface area contributed by atoms with Crippen LogP contribution in [0.3, 0.4) is 0 Å². The van der Waals surface area contributed by atoms with Crippen LogP contribution in [0.2, 0.25) is 0 Å². The molecule has 186 valence electrons. The van der Waals surface area contributed by atoms with Gasteiger partial charge < -0.3 is 15.0 Å². The number of benzene rings is 2. The SMILES string of the molecule is [C-]#[N+]c1ccc(-c2nc(N3CCC4(CCNC4)CC3)c(F)c(=O)n2-c2ccc(OC)c(F)c2)cc1F. The zero-order chi connectivity index (χ0) is 25.4. The first-order valence-electron chi connectivity index (χ1n) is 11.7. The second-order valence-electron chi connectivity index (χ2n) is 9.22. The Hall–Kier alpha value is -3.84. The number of hydrogen-bond donors (Lipinski definition) is 1. The molecule has 3 aromatic rings. The van der Waals surface area contributed by atoms with Crippen LogP contribution in [0.4, 0.5) is 24.7 Å². The van der Waals surface area contributed by atoms with Gasteiger partial charge in [-0.2, -0.15) is 4.39 Å². The first-order chi connectivity index (χ1) is 17.4. The smallest absolute Gasteiger partial charge is 0.296 e. The molecule has 1 aromatic heterocycles. The van der Waals surface area contributed by atoms with E-state index in [1.165, 1.54) is 31.4 Å². The van der Waals surface area contributed by atoms with Crippen LogP contribution in [-0.2, 0) is 0 Å². The molecule has 7 nitrogen and oxygen atoms in total. The third-order valence-electron chi connectivity index (χ3n) is 7.19. The highest BCUT2D eigenvalue weighted by molar-refractivity contribution is 5.65. The molecule has 0 aliphatic carbocycles. The minimum atomic E-state index is -1.06. The van der Waals surface area contributed by atoms with Crippen LogP contribution in [0.1, 0.15) is 19.3 Å². The van der Waals surface area contributed by atoms with Crippen LogP contribution in [0.5, 0.6) is 5.75 Å². The van der Waals surface area contributed by atoms with Gasteiger partial charge in [-0.1, -0.05) is 12.1 Å². The molecule has 0 bridgehead atoms. The zero-order valence-electron chi connectivity index (χ0n) is 19.7. The summed E-state index contributed by atoms with van der Waals surface area (Å²) in [5.74, 6) is -2.83. The van der Waals surface area contributed by atoms with E-state index in [4.69, 9.17) is 11.3 Å². The van der Waals surface area contributed by atoms with E-state index in [0.29, 0.717) is 13.1 Å². The van der Waals surface area contributed by atoms with Gasteiger partial charge in [-0.05, 0) is 49.4 Å². The summed E-state index contributed by atoms with van der Waals surface area (Å²) in [5, 5.41) is 3.38. The van der Waals surface area contributed by atoms with Gasteiger partial charge in [0.1, 0.15) is 11.6 Å². The average molecular weight is 496 g/mol. The van der Waals surface area contributed by atoms with Gasteiger partial charge in [-0.3, -0.25) is 9.36 Å². The lowest BCUT2D eigenvalue weighted by Gasteiger charge is -2.39. The molecular weight excluding hydrogens is 471 g/mol. The Bertz CT molecular complexity index is 1420. The highest BCUT2D eigenvalue weighted by Gasteiger charge is 2.38. The second-order valence-corrected chi connectivity index (χ2v) is 9.22. The van der Waals surface area contributed by atoms with E-state index >= 15 is 4.39 Å². The minimum absolute atomic E-state index is 0.00976. The summed E-state index contributed by atoms with van der Waals surface area (Å²) in [7, 11) is 1.30. The molecule has 2 fully saturated rings. The Labute approximate surface area is 206 Å². The Morgan fingerprint density at radius 2 is 1.86 bits per heavy atom. The third kappa shape index (κ3) is 4.09. The van der Waals surface area contributed by atoms with Crippen LogP contribution in [0.25, 0.3) is 21.9 Å². The van der Waals surface area contributed by atoms with E-state index in [0.717, 1.165) is 49.1 Å². The lowest BCUT2D eigenvalue weighted by atomic mass is 9.78. The predicted molar refractivity (Wildman–Crippen MR) is 129 cm³/mol. The number of nitrogens with zero attached hydrogens (tertiary/aromatic N) is 4. The molecule has 0 unspecified atom stereocenters. The summed E-state index contributed by atoms with van der Waals surface area (Å²) >= 11 is 0. The van der Waals surface area contributed by atoms with E-state index in [9.17, 15) is 13.6 Å². The fraction of sp³-hybridized carbons (Fsp3) is 0.346. The number of rotatable bonds is 4. The molecular formula is C26H24F3N5O2. The van der Waals surface area contributed by atoms with Crippen LogP contribution in [0.15, 0.2) is 41.2 Å². The highest BCUT2D eigenvalue weighted by Crippen LogP contribution is 2.38. The van der Waals surface area contributed by atoms with Crippen molar-refractivity contribution in [3.8, 4) is 22.8 Å². The maximum Gasteiger partial charge on any atom is 0.296 e. The van der Waals surface area contributed by atoms with E-state index < -0.39 is 23.0 Å². The van der Waals surface area contributed by atoms with E-state index in [1.54, 1.807) is 4.90 Å². The van der Waals surface area contributed by atoms with Crippen molar-refractivity contribution in [2.45, 2.75) is 19.3 Å². The maximum atomic E-state index is 15.6. The zero-order valence-corrected chi connectivity index (χ0v) is 19.7. The molecule has 2 aliphatic heterocycles. The van der Waals surface area contributed by atoms with E-state index in [2.05, 4.69) is 15.1 Å². The molecule has 0 atom stereocenters. The van der Waals surface area contributed by atoms with Gasteiger partial charge in [0.25, 0.3) is 5.56 Å². The summed E-state index contributed by atoms with van der Waals surface area (Å²) in [5.41, 5.74) is -0.892. The largest absolute Gasteiger partial charge is 0.494 e. The van der Waals surface area contributed by atoms with Crippen LogP contribution in [0, 0.1) is 29.4 Å². The summed E-state index contributed by atoms with van der Waals surface area (Å²) in [6.45, 7) is 10.0. The van der Waals surface area contributed by atoms with Crippen molar-refractivity contribution in [1.82, 2.24) is 14.9 Å². The molecule has 1 N–H and O–H groups in total. The van der Waals surface area contributed by atoms with Crippen molar-refractivity contribution in [3.63, 3.8) is 0 Å². The summed E-state index contributed by atoms with van der Waals surface area (Å²) in [4.78, 5) is 22.7. The Balaban J connectivity index is 1.65. The molecule has 0 saturated carbocycles. The number of hydrogen-bond acceptors (Lipinski definition) is 5. The molecule has 36 heavy (non-hydrogen) atoms. The standard InChI is InChI=1S/C26H24F3N5O2/c1-30-20-5-3-16(13-18(20)27)23-32-24(33-11-8-26(9-12-33)7-10-31-15-26)22(29)25(35)34(23)17-4-6-21(36-2)19(28)14-17/h3-6,13-14,31H,7-12,15H2,2H3. The van der Waals surface area contributed by atoms with Gasteiger partial charge in [0, 0.05) is 31.3 Å². The quantitative estimate of drug-likeness (QED) is 0.542. The van der Waals surface area contributed by atoms with Crippen molar-refractivity contribution >= 4 is 11.5 Å². The van der Waals surface area contributed by atoms with Crippen molar-refractivity contribution in [2.75, 3.05) is 38.2 Å².